The summed E-state index contributed by atoms with van der Waals surface area (Å²) in [7, 11) is 0. The molecule has 2 heterocycles. The van der Waals surface area contributed by atoms with Crippen molar-refractivity contribution >= 4 is 17.4 Å². The lowest BCUT2D eigenvalue weighted by Crippen LogP contribution is -2.34. The summed E-state index contributed by atoms with van der Waals surface area (Å²) in [6.07, 6.45) is 1.67. The summed E-state index contributed by atoms with van der Waals surface area (Å²) in [5.41, 5.74) is 0.999. The minimum absolute atomic E-state index is 0.00736. The Kier molecular flexibility index (Phi) is 2.77. The molecule has 0 saturated carbocycles. The number of benzene rings is 1. The number of Topliss-reactive ketones (excluding diaryl/α,β-unsaturated/α-hetero) is 1. The van der Waals surface area contributed by atoms with Crippen molar-refractivity contribution in [3.05, 3.63) is 29.3 Å². The Bertz CT molecular complexity index is 598. The molecule has 0 spiro atoms. The third-order valence-electron chi connectivity index (χ3n) is 4.47. The zero-order chi connectivity index (χ0) is 14.5. The van der Waals surface area contributed by atoms with Gasteiger partial charge in [-0.05, 0) is 57.4 Å². The van der Waals surface area contributed by atoms with Gasteiger partial charge in [-0.2, -0.15) is 0 Å². The Morgan fingerprint density at radius 3 is 2.70 bits per heavy atom. The van der Waals surface area contributed by atoms with Gasteiger partial charge in [-0.25, -0.2) is 0 Å². The molecule has 1 unspecified atom stereocenters. The molecule has 106 valence electrons. The highest BCUT2D eigenvalue weighted by molar-refractivity contribution is 6.08. The summed E-state index contributed by atoms with van der Waals surface area (Å²) >= 11 is 0. The first-order valence-corrected chi connectivity index (χ1v) is 6.99. The summed E-state index contributed by atoms with van der Waals surface area (Å²) in [6, 6.07) is 5.42. The van der Waals surface area contributed by atoms with Crippen molar-refractivity contribution in [2.75, 3.05) is 11.9 Å². The number of ether oxygens (including phenoxy) is 1. The van der Waals surface area contributed by atoms with E-state index in [1.807, 2.05) is 32.9 Å². The van der Waals surface area contributed by atoms with Gasteiger partial charge in [-0.3, -0.25) is 9.59 Å². The Morgan fingerprint density at radius 2 is 2.05 bits per heavy atom. The van der Waals surface area contributed by atoms with Crippen molar-refractivity contribution in [2.24, 2.45) is 0 Å². The van der Waals surface area contributed by atoms with Gasteiger partial charge in [0.05, 0.1) is 5.41 Å². The second-order valence-corrected chi connectivity index (χ2v) is 6.35. The predicted octanol–water partition coefficient (Wildman–Crippen LogP) is 2.67. The Balaban J connectivity index is 2.00. The molecular weight excluding hydrogens is 254 g/mol. The molecular formula is C16H19NO3. The topological polar surface area (TPSA) is 55.4 Å². The molecule has 1 amide bonds. The molecule has 0 aromatic heterocycles. The van der Waals surface area contributed by atoms with Crippen molar-refractivity contribution in [2.45, 2.75) is 44.6 Å². The van der Waals surface area contributed by atoms with E-state index in [2.05, 4.69) is 5.32 Å². The summed E-state index contributed by atoms with van der Waals surface area (Å²) < 4.78 is 5.62. The van der Waals surface area contributed by atoms with Gasteiger partial charge in [0.25, 0.3) is 0 Å². The zero-order valence-electron chi connectivity index (χ0n) is 12.1. The van der Waals surface area contributed by atoms with E-state index in [1.165, 1.54) is 0 Å². The third kappa shape index (κ3) is 1.79. The maximum absolute atomic E-state index is 12.6. The van der Waals surface area contributed by atoms with Crippen LogP contribution >= 0.6 is 0 Å². The third-order valence-corrected chi connectivity index (χ3v) is 4.47. The first-order chi connectivity index (χ1) is 9.34. The number of amides is 1. The van der Waals surface area contributed by atoms with Gasteiger partial charge >= 0.3 is 0 Å². The minimum Gasteiger partial charge on any atom is -0.367 e. The molecule has 1 saturated heterocycles. The number of hydrogen-bond acceptors (Lipinski definition) is 3. The number of ketones is 1. The number of anilines is 1. The lowest BCUT2D eigenvalue weighted by Gasteiger charge is -2.22. The van der Waals surface area contributed by atoms with E-state index < -0.39 is 11.0 Å². The number of rotatable bonds is 2. The first kappa shape index (κ1) is 13.3. The van der Waals surface area contributed by atoms with Crippen LogP contribution in [-0.4, -0.2) is 23.9 Å². The number of carbonyl (C=O) groups is 2. The van der Waals surface area contributed by atoms with E-state index in [4.69, 9.17) is 4.74 Å². The minimum atomic E-state index is -0.714. The number of hydrogen-bond donors (Lipinski definition) is 1. The average Bonchev–Trinajstić information content (AvgIpc) is 2.94. The van der Waals surface area contributed by atoms with E-state index in [9.17, 15) is 9.59 Å². The van der Waals surface area contributed by atoms with Crippen molar-refractivity contribution in [1.82, 2.24) is 0 Å². The molecule has 2 aliphatic rings. The molecule has 3 rings (SSSR count). The molecule has 0 radical (unpaired) electrons. The van der Waals surface area contributed by atoms with Crippen molar-refractivity contribution < 1.29 is 14.3 Å². The monoisotopic (exact) mass is 273 g/mol. The lowest BCUT2D eigenvalue weighted by molar-refractivity contribution is -0.119. The highest BCUT2D eigenvalue weighted by Crippen LogP contribution is 2.39. The van der Waals surface area contributed by atoms with Gasteiger partial charge in [0.2, 0.25) is 5.91 Å². The predicted molar refractivity (Wildman–Crippen MR) is 76.0 cm³/mol. The molecule has 0 aliphatic carbocycles. The van der Waals surface area contributed by atoms with E-state index in [0.29, 0.717) is 12.2 Å². The van der Waals surface area contributed by atoms with Crippen LogP contribution in [0.3, 0.4) is 0 Å². The second-order valence-electron chi connectivity index (χ2n) is 6.35. The summed E-state index contributed by atoms with van der Waals surface area (Å²) in [5, 5.41) is 2.85. The van der Waals surface area contributed by atoms with Crippen LogP contribution < -0.4 is 5.32 Å². The Morgan fingerprint density at radius 1 is 1.30 bits per heavy atom. The molecule has 2 aliphatic heterocycles. The first-order valence-electron chi connectivity index (χ1n) is 6.99. The Labute approximate surface area is 118 Å². The fourth-order valence-corrected chi connectivity index (χ4v) is 2.98. The SMILES string of the molecule is CC1(C(=O)c2ccc3c(c2)C(C)(C)C(=O)N3)CCCO1. The standard InChI is InChI=1S/C16H19NO3/c1-15(2)11-9-10(5-6-12(11)17-14(15)19)13(18)16(3)7-4-8-20-16/h5-6,9H,4,7-8H2,1-3H3,(H,17,19). The van der Waals surface area contributed by atoms with E-state index in [1.54, 1.807) is 6.07 Å². The van der Waals surface area contributed by atoms with Crippen molar-refractivity contribution in [3.63, 3.8) is 0 Å². The maximum atomic E-state index is 12.6. The quantitative estimate of drug-likeness (QED) is 0.843. The van der Waals surface area contributed by atoms with Crippen molar-refractivity contribution in [3.8, 4) is 0 Å². The lowest BCUT2D eigenvalue weighted by atomic mass is 9.83. The molecule has 4 nitrogen and oxygen atoms in total. The maximum Gasteiger partial charge on any atom is 0.234 e. The van der Waals surface area contributed by atoms with Gasteiger partial charge < -0.3 is 10.1 Å². The summed E-state index contributed by atoms with van der Waals surface area (Å²) in [4.78, 5) is 24.6. The summed E-state index contributed by atoms with van der Waals surface area (Å²) in [5.74, 6) is -0.0200. The fraction of sp³-hybridized carbons (Fsp3) is 0.500. The Hall–Kier alpha value is -1.68. The number of carbonyl (C=O) groups excluding carboxylic acids is 2. The van der Waals surface area contributed by atoms with Crippen LogP contribution in [0, 0.1) is 0 Å². The van der Waals surface area contributed by atoms with Crippen LogP contribution in [0.15, 0.2) is 18.2 Å². The number of fused-ring (bicyclic) bond motifs is 1. The zero-order valence-corrected chi connectivity index (χ0v) is 12.1. The number of nitrogens with one attached hydrogen (secondary N) is 1. The highest BCUT2D eigenvalue weighted by Gasteiger charge is 2.41. The second kappa shape index (κ2) is 4.16. The molecule has 0 bridgehead atoms. The fourth-order valence-electron chi connectivity index (χ4n) is 2.98. The van der Waals surface area contributed by atoms with Crippen LogP contribution in [-0.2, 0) is 14.9 Å². The van der Waals surface area contributed by atoms with Gasteiger partial charge in [0, 0.05) is 17.9 Å². The molecule has 1 aromatic rings. The van der Waals surface area contributed by atoms with Gasteiger partial charge in [0.15, 0.2) is 5.78 Å². The van der Waals surface area contributed by atoms with E-state index >= 15 is 0 Å². The van der Waals surface area contributed by atoms with Gasteiger partial charge in [-0.1, -0.05) is 0 Å². The molecule has 1 fully saturated rings. The van der Waals surface area contributed by atoms with Crippen LogP contribution in [0.4, 0.5) is 5.69 Å². The molecule has 4 heteroatoms. The van der Waals surface area contributed by atoms with Gasteiger partial charge in [-0.15, -0.1) is 0 Å². The molecule has 20 heavy (non-hydrogen) atoms. The van der Waals surface area contributed by atoms with Crippen LogP contribution in [0.5, 0.6) is 0 Å². The normalized spacial score (nSPS) is 27.2. The van der Waals surface area contributed by atoms with E-state index in [0.717, 1.165) is 24.1 Å². The highest BCUT2D eigenvalue weighted by atomic mass is 16.5. The van der Waals surface area contributed by atoms with Crippen LogP contribution in [0.1, 0.15) is 49.5 Å². The summed E-state index contributed by atoms with van der Waals surface area (Å²) in [6.45, 7) is 6.23. The smallest absolute Gasteiger partial charge is 0.234 e. The average molecular weight is 273 g/mol. The molecule has 1 aromatic carbocycles. The van der Waals surface area contributed by atoms with Gasteiger partial charge in [0.1, 0.15) is 5.60 Å². The van der Waals surface area contributed by atoms with Crippen LogP contribution in [0.25, 0.3) is 0 Å². The molecule has 1 atom stereocenters. The van der Waals surface area contributed by atoms with E-state index in [-0.39, 0.29) is 11.7 Å². The van der Waals surface area contributed by atoms with Crippen molar-refractivity contribution in [1.29, 1.82) is 0 Å². The molecule has 1 N–H and O–H groups in total. The largest absolute Gasteiger partial charge is 0.367 e. The van der Waals surface area contributed by atoms with Crippen LogP contribution in [0.2, 0.25) is 0 Å².